The molecule has 3 rings (SSSR count). The highest BCUT2D eigenvalue weighted by Gasteiger charge is 2.24. The molecule has 0 atom stereocenters. The minimum Gasteiger partial charge on any atom is -0.372 e. The van der Waals surface area contributed by atoms with E-state index >= 15 is 0 Å². The molecular weight excluding hydrogens is 355 g/mol. The van der Waals surface area contributed by atoms with Crippen molar-refractivity contribution in [2.75, 3.05) is 49.1 Å². The Morgan fingerprint density at radius 3 is 2.29 bits per heavy atom. The van der Waals surface area contributed by atoms with Crippen LogP contribution in [0.2, 0.25) is 0 Å². The van der Waals surface area contributed by atoms with Crippen LogP contribution in [0.1, 0.15) is 29.8 Å². The molecule has 1 amide bonds. The van der Waals surface area contributed by atoms with E-state index in [4.69, 9.17) is 0 Å². The third-order valence-electron chi connectivity index (χ3n) is 5.25. The summed E-state index contributed by atoms with van der Waals surface area (Å²) in [6, 6.07) is 14.3. The summed E-state index contributed by atoms with van der Waals surface area (Å²) in [5.74, 6) is -0.503. The predicted molar refractivity (Wildman–Crippen MR) is 109 cm³/mol. The second kappa shape index (κ2) is 8.75. The molecule has 2 aromatic rings. The highest BCUT2D eigenvalue weighted by molar-refractivity contribution is 5.94. The van der Waals surface area contributed by atoms with Gasteiger partial charge in [-0.15, -0.1) is 0 Å². The quantitative estimate of drug-likeness (QED) is 0.797. The molecule has 1 aliphatic heterocycles. The maximum Gasteiger partial charge on any atom is 0.253 e. The van der Waals surface area contributed by atoms with E-state index < -0.39 is 5.82 Å². The Bertz CT molecular complexity index is 863. The molecular formula is C22H25FN4O. The molecule has 0 N–H and O–H groups in total. The Balaban J connectivity index is 1.66. The first-order chi connectivity index (χ1) is 13.6. The van der Waals surface area contributed by atoms with Crippen molar-refractivity contribution in [2.24, 2.45) is 0 Å². The first-order valence-corrected chi connectivity index (χ1v) is 9.66. The summed E-state index contributed by atoms with van der Waals surface area (Å²) in [6.45, 7) is 8.29. The average Bonchev–Trinajstić information content (AvgIpc) is 2.74. The molecule has 0 radical (unpaired) electrons. The van der Waals surface area contributed by atoms with Gasteiger partial charge in [0.25, 0.3) is 5.91 Å². The van der Waals surface area contributed by atoms with Crippen LogP contribution in [0, 0.1) is 17.1 Å². The van der Waals surface area contributed by atoms with Crippen molar-refractivity contribution in [1.82, 2.24) is 4.90 Å². The Morgan fingerprint density at radius 2 is 1.71 bits per heavy atom. The minimum atomic E-state index is -0.508. The Morgan fingerprint density at radius 1 is 1.07 bits per heavy atom. The normalized spacial score (nSPS) is 13.9. The third kappa shape index (κ3) is 3.94. The van der Waals surface area contributed by atoms with Gasteiger partial charge in [0.05, 0.1) is 5.69 Å². The number of rotatable bonds is 5. The molecule has 0 aromatic heterocycles. The van der Waals surface area contributed by atoms with E-state index in [1.54, 1.807) is 12.1 Å². The molecule has 1 heterocycles. The smallest absolute Gasteiger partial charge is 0.253 e. The van der Waals surface area contributed by atoms with Gasteiger partial charge in [0.2, 0.25) is 0 Å². The maximum atomic E-state index is 13.9. The molecule has 0 bridgehead atoms. The van der Waals surface area contributed by atoms with Gasteiger partial charge in [-0.3, -0.25) is 4.79 Å². The van der Waals surface area contributed by atoms with Crippen LogP contribution < -0.4 is 9.80 Å². The van der Waals surface area contributed by atoms with Crippen LogP contribution in [0.15, 0.2) is 42.5 Å². The number of nitrogens with zero attached hydrogens (tertiary/aromatic N) is 4. The van der Waals surface area contributed by atoms with Crippen molar-refractivity contribution in [1.29, 1.82) is 5.26 Å². The van der Waals surface area contributed by atoms with Gasteiger partial charge in [0.1, 0.15) is 17.4 Å². The third-order valence-corrected chi connectivity index (χ3v) is 5.25. The number of halogens is 1. The number of carbonyl (C=O) groups excluding carboxylic acids is 1. The van der Waals surface area contributed by atoms with E-state index in [0.29, 0.717) is 37.4 Å². The number of hydrogen-bond donors (Lipinski definition) is 0. The summed E-state index contributed by atoms with van der Waals surface area (Å²) in [5, 5.41) is 9.23. The van der Waals surface area contributed by atoms with E-state index in [-0.39, 0.29) is 11.5 Å². The van der Waals surface area contributed by atoms with Crippen LogP contribution in [0.25, 0.3) is 0 Å². The van der Waals surface area contributed by atoms with E-state index in [1.165, 1.54) is 6.07 Å². The van der Waals surface area contributed by atoms with Crippen LogP contribution in [0.4, 0.5) is 15.8 Å². The number of carbonyl (C=O) groups is 1. The van der Waals surface area contributed by atoms with Crippen molar-refractivity contribution in [3.8, 4) is 6.07 Å². The largest absolute Gasteiger partial charge is 0.372 e. The summed E-state index contributed by atoms with van der Waals surface area (Å²) in [7, 11) is 0. The zero-order valence-corrected chi connectivity index (χ0v) is 16.4. The van der Waals surface area contributed by atoms with Gasteiger partial charge in [0.15, 0.2) is 0 Å². The molecule has 1 fully saturated rings. The molecule has 1 aliphatic rings. The van der Waals surface area contributed by atoms with Gasteiger partial charge in [-0.05, 0) is 50.2 Å². The fourth-order valence-corrected chi connectivity index (χ4v) is 3.62. The number of hydrogen-bond acceptors (Lipinski definition) is 4. The van der Waals surface area contributed by atoms with Crippen LogP contribution in [0.3, 0.4) is 0 Å². The monoisotopic (exact) mass is 380 g/mol. The van der Waals surface area contributed by atoms with Crippen LogP contribution in [0.5, 0.6) is 0 Å². The van der Waals surface area contributed by atoms with Crippen LogP contribution in [-0.4, -0.2) is 50.1 Å². The van der Waals surface area contributed by atoms with Crippen molar-refractivity contribution < 1.29 is 9.18 Å². The Hall–Kier alpha value is -3.07. The molecule has 0 saturated carbocycles. The minimum absolute atomic E-state index is 0.00509. The van der Waals surface area contributed by atoms with Gasteiger partial charge >= 0.3 is 0 Å². The number of benzene rings is 2. The lowest BCUT2D eigenvalue weighted by molar-refractivity contribution is 0.0747. The molecule has 0 spiro atoms. The van der Waals surface area contributed by atoms with Crippen LogP contribution >= 0.6 is 0 Å². The number of anilines is 2. The molecule has 146 valence electrons. The number of amides is 1. The number of piperazine rings is 1. The standard InChI is InChI=1S/C22H25FN4O/c1-3-25(4-2)18-10-8-17(9-11-18)22(28)27-14-12-26(13-15-27)21-7-5-6-20(23)19(21)16-24/h5-11H,3-4,12-15H2,1-2H3. The first-order valence-electron chi connectivity index (χ1n) is 9.66. The van der Waals surface area contributed by atoms with E-state index in [0.717, 1.165) is 18.8 Å². The van der Waals surface area contributed by atoms with E-state index in [2.05, 4.69) is 18.7 Å². The van der Waals surface area contributed by atoms with Gasteiger partial charge in [-0.1, -0.05) is 6.07 Å². The lowest BCUT2D eigenvalue weighted by Gasteiger charge is -2.36. The maximum absolute atomic E-state index is 13.9. The van der Waals surface area contributed by atoms with Crippen molar-refractivity contribution in [3.05, 3.63) is 59.4 Å². The predicted octanol–water partition coefficient (Wildman–Crippen LogP) is 3.51. The SMILES string of the molecule is CCN(CC)c1ccc(C(=O)N2CCN(c3cccc(F)c3C#N)CC2)cc1. The molecule has 28 heavy (non-hydrogen) atoms. The second-order valence-electron chi connectivity index (χ2n) is 6.74. The zero-order valence-electron chi connectivity index (χ0n) is 16.4. The summed E-state index contributed by atoms with van der Waals surface area (Å²) >= 11 is 0. The molecule has 2 aromatic carbocycles. The average molecular weight is 380 g/mol. The highest BCUT2D eigenvalue weighted by atomic mass is 19.1. The molecule has 1 saturated heterocycles. The lowest BCUT2D eigenvalue weighted by atomic mass is 10.1. The van der Waals surface area contributed by atoms with Crippen molar-refractivity contribution >= 4 is 17.3 Å². The lowest BCUT2D eigenvalue weighted by Crippen LogP contribution is -2.49. The fraction of sp³-hybridized carbons (Fsp3) is 0.364. The van der Waals surface area contributed by atoms with Gasteiger partial charge in [0, 0.05) is 50.5 Å². The van der Waals surface area contributed by atoms with Crippen molar-refractivity contribution in [3.63, 3.8) is 0 Å². The summed E-state index contributed by atoms with van der Waals surface area (Å²) in [5.41, 5.74) is 2.45. The molecule has 0 aliphatic carbocycles. The molecule has 0 unspecified atom stereocenters. The summed E-state index contributed by atoms with van der Waals surface area (Å²) in [6.07, 6.45) is 0. The van der Waals surface area contributed by atoms with Crippen molar-refractivity contribution in [2.45, 2.75) is 13.8 Å². The van der Waals surface area contributed by atoms with E-state index in [1.807, 2.05) is 40.1 Å². The van der Waals surface area contributed by atoms with Crippen LogP contribution in [-0.2, 0) is 0 Å². The molecule has 6 heteroatoms. The van der Waals surface area contributed by atoms with Gasteiger partial charge in [-0.25, -0.2) is 4.39 Å². The van der Waals surface area contributed by atoms with Gasteiger partial charge < -0.3 is 14.7 Å². The number of nitriles is 1. The zero-order chi connectivity index (χ0) is 20.1. The summed E-state index contributed by atoms with van der Waals surface area (Å²) < 4.78 is 13.9. The fourth-order valence-electron chi connectivity index (χ4n) is 3.62. The van der Waals surface area contributed by atoms with E-state index in [9.17, 15) is 14.4 Å². The highest BCUT2D eigenvalue weighted by Crippen LogP contribution is 2.24. The second-order valence-corrected chi connectivity index (χ2v) is 6.74. The first kappa shape index (κ1) is 19.7. The van der Waals surface area contributed by atoms with Gasteiger partial charge in [-0.2, -0.15) is 5.26 Å². The Kier molecular flexibility index (Phi) is 6.15. The molecule has 5 nitrogen and oxygen atoms in total. The topological polar surface area (TPSA) is 50.6 Å². The summed E-state index contributed by atoms with van der Waals surface area (Å²) in [4.78, 5) is 18.8. The Labute approximate surface area is 165 Å².